The van der Waals surface area contributed by atoms with E-state index >= 15 is 0 Å². The van der Waals surface area contributed by atoms with Crippen LogP contribution >= 0.6 is 0 Å². The summed E-state index contributed by atoms with van der Waals surface area (Å²) in [6.45, 7) is 1.94. The van der Waals surface area contributed by atoms with Gasteiger partial charge in [0.2, 0.25) is 0 Å². The summed E-state index contributed by atoms with van der Waals surface area (Å²) < 4.78 is 6.62. The van der Waals surface area contributed by atoms with Gasteiger partial charge >= 0.3 is 5.97 Å². The number of nitrogens with zero attached hydrogens (tertiary/aromatic N) is 1. The minimum Gasteiger partial charge on any atom is -0.462 e. The zero-order valence-corrected chi connectivity index (χ0v) is 10.1. The molecule has 0 aliphatic heterocycles. The maximum atomic E-state index is 11.8. The fourth-order valence-corrected chi connectivity index (χ4v) is 1.84. The molecular weight excluding hydrogens is 232 g/mol. The Labute approximate surface area is 104 Å². The van der Waals surface area contributed by atoms with Gasteiger partial charge in [0.25, 0.3) is 0 Å². The number of ether oxygens (including phenoxy) is 1. The topological polar surface area (TPSA) is 73.8 Å². The monoisotopic (exact) mass is 246 g/mol. The zero-order valence-electron chi connectivity index (χ0n) is 10.1. The highest BCUT2D eigenvalue weighted by Crippen LogP contribution is 2.18. The first-order valence-electron chi connectivity index (χ1n) is 5.69. The quantitative estimate of drug-likeness (QED) is 0.651. The Kier molecular flexibility index (Phi) is 3.43. The molecular formula is C13H14N2O3. The second-order valence-electron chi connectivity index (χ2n) is 3.75. The first-order valence-corrected chi connectivity index (χ1v) is 5.69. The standard InChI is InChI=1S/C13H14N2O3/c1-2-18-13(17)9-7-11(12(16)8-14)15-6-4-3-5-10(9)15/h3-7H,2,8,14H2,1H3. The smallest absolute Gasteiger partial charge is 0.340 e. The second-order valence-corrected chi connectivity index (χ2v) is 3.75. The minimum absolute atomic E-state index is 0.0940. The van der Waals surface area contributed by atoms with Gasteiger partial charge in [-0.3, -0.25) is 4.79 Å². The number of fused-ring (bicyclic) bond motifs is 1. The molecule has 5 heteroatoms. The highest BCUT2D eigenvalue weighted by molar-refractivity contribution is 6.04. The molecule has 2 N–H and O–H groups in total. The molecule has 0 saturated heterocycles. The van der Waals surface area contributed by atoms with Crippen LogP contribution in [0.2, 0.25) is 0 Å². The lowest BCUT2D eigenvalue weighted by Crippen LogP contribution is -2.15. The number of hydrogen-bond acceptors (Lipinski definition) is 4. The van der Waals surface area contributed by atoms with Crippen LogP contribution in [-0.2, 0) is 4.74 Å². The Bertz CT molecular complexity index is 601. The third-order valence-corrected chi connectivity index (χ3v) is 2.64. The van der Waals surface area contributed by atoms with Crippen molar-refractivity contribution >= 4 is 17.3 Å². The van der Waals surface area contributed by atoms with E-state index < -0.39 is 5.97 Å². The molecule has 0 unspecified atom stereocenters. The van der Waals surface area contributed by atoms with Crippen LogP contribution < -0.4 is 5.73 Å². The Balaban J connectivity index is 2.61. The van der Waals surface area contributed by atoms with Gasteiger partial charge in [0.05, 0.1) is 29.9 Å². The Morgan fingerprint density at radius 2 is 2.17 bits per heavy atom. The fraction of sp³-hybridized carbons (Fsp3) is 0.231. The van der Waals surface area contributed by atoms with Crippen LogP contribution in [0.5, 0.6) is 0 Å². The number of Topliss-reactive ketones (excluding diaryl/α,β-unsaturated/α-hetero) is 1. The van der Waals surface area contributed by atoms with Crippen molar-refractivity contribution in [1.82, 2.24) is 4.40 Å². The summed E-state index contributed by atoms with van der Waals surface area (Å²) in [6, 6.07) is 6.88. The average molecular weight is 246 g/mol. The molecule has 94 valence electrons. The molecule has 0 fully saturated rings. The number of nitrogens with two attached hydrogens (primary N) is 1. The van der Waals surface area contributed by atoms with Crippen molar-refractivity contribution in [2.24, 2.45) is 5.73 Å². The molecule has 2 heterocycles. The maximum absolute atomic E-state index is 11.8. The van der Waals surface area contributed by atoms with Crippen molar-refractivity contribution in [1.29, 1.82) is 0 Å². The van der Waals surface area contributed by atoms with E-state index in [4.69, 9.17) is 10.5 Å². The van der Waals surface area contributed by atoms with Crippen molar-refractivity contribution in [3.05, 3.63) is 41.7 Å². The number of esters is 1. The molecule has 0 aliphatic carbocycles. The SMILES string of the molecule is CCOC(=O)c1cc(C(=O)CN)n2ccccc12. The molecule has 2 aromatic heterocycles. The molecule has 18 heavy (non-hydrogen) atoms. The molecule has 2 aromatic rings. The van der Waals surface area contributed by atoms with Crippen LogP contribution in [0.1, 0.15) is 27.8 Å². The van der Waals surface area contributed by atoms with Gasteiger partial charge in [-0.1, -0.05) is 6.07 Å². The third kappa shape index (κ3) is 2.00. The van der Waals surface area contributed by atoms with E-state index in [0.29, 0.717) is 23.4 Å². The lowest BCUT2D eigenvalue weighted by Gasteiger charge is -2.00. The van der Waals surface area contributed by atoms with Gasteiger partial charge in [-0.15, -0.1) is 0 Å². The van der Waals surface area contributed by atoms with E-state index in [9.17, 15) is 9.59 Å². The van der Waals surface area contributed by atoms with Gasteiger partial charge in [0, 0.05) is 6.20 Å². The third-order valence-electron chi connectivity index (χ3n) is 2.64. The van der Waals surface area contributed by atoms with E-state index in [0.717, 1.165) is 0 Å². The Morgan fingerprint density at radius 3 is 2.83 bits per heavy atom. The van der Waals surface area contributed by atoms with E-state index in [1.807, 2.05) is 0 Å². The molecule has 0 saturated carbocycles. The molecule has 0 atom stereocenters. The van der Waals surface area contributed by atoms with Crippen molar-refractivity contribution in [3.63, 3.8) is 0 Å². The predicted molar refractivity (Wildman–Crippen MR) is 66.7 cm³/mol. The molecule has 0 aliphatic rings. The lowest BCUT2D eigenvalue weighted by atomic mass is 10.2. The summed E-state index contributed by atoms with van der Waals surface area (Å²) in [6.07, 6.45) is 1.72. The number of ketones is 1. The van der Waals surface area contributed by atoms with Gasteiger partial charge in [0.1, 0.15) is 0 Å². The summed E-state index contributed by atoms with van der Waals surface area (Å²) in [5.74, 6) is -0.649. The summed E-state index contributed by atoms with van der Waals surface area (Å²) in [7, 11) is 0. The van der Waals surface area contributed by atoms with Crippen molar-refractivity contribution in [3.8, 4) is 0 Å². The fourth-order valence-electron chi connectivity index (χ4n) is 1.84. The average Bonchev–Trinajstić information content (AvgIpc) is 2.78. The number of hydrogen-bond donors (Lipinski definition) is 1. The number of rotatable bonds is 4. The van der Waals surface area contributed by atoms with Crippen LogP contribution in [0.4, 0.5) is 0 Å². The first-order chi connectivity index (χ1) is 8.69. The molecule has 2 rings (SSSR count). The van der Waals surface area contributed by atoms with Gasteiger partial charge in [0.15, 0.2) is 5.78 Å². The van der Waals surface area contributed by atoms with Crippen LogP contribution in [0.3, 0.4) is 0 Å². The van der Waals surface area contributed by atoms with Gasteiger partial charge in [-0.05, 0) is 25.1 Å². The van der Waals surface area contributed by atoms with E-state index in [1.54, 1.807) is 35.7 Å². The van der Waals surface area contributed by atoms with Gasteiger partial charge < -0.3 is 14.9 Å². The predicted octanol–water partition coefficient (Wildman–Crippen LogP) is 1.26. The highest BCUT2D eigenvalue weighted by Gasteiger charge is 2.18. The summed E-state index contributed by atoms with van der Waals surface area (Å²) in [5.41, 5.74) is 6.79. The van der Waals surface area contributed by atoms with E-state index in [2.05, 4.69) is 0 Å². The van der Waals surface area contributed by atoms with E-state index in [-0.39, 0.29) is 12.3 Å². The Hall–Kier alpha value is -2.14. The molecule has 0 radical (unpaired) electrons. The summed E-state index contributed by atoms with van der Waals surface area (Å²) >= 11 is 0. The van der Waals surface area contributed by atoms with Crippen molar-refractivity contribution in [2.75, 3.05) is 13.2 Å². The van der Waals surface area contributed by atoms with Crippen LogP contribution in [0.25, 0.3) is 5.52 Å². The summed E-state index contributed by atoms with van der Waals surface area (Å²) in [4.78, 5) is 23.5. The largest absolute Gasteiger partial charge is 0.462 e. The van der Waals surface area contributed by atoms with Crippen LogP contribution in [0.15, 0.2) is 30.5 Å². The van der Waals surface area contributed by atoms with Crippen LogP contribution in [0, 0.1) is 0 Å². The second kappa shape index (κ2) is 5.01. The van der Waals surface area contributed by atoms with Gasteiger partial charge in [-0.2, -0.15) is 0 Å². The Morgan fingerprint density at radius 1 is 1.39 bits per heavy atom. The number of carbonyl (C=O) groups is 2. The van der Waals surface area contributed by atoms with Crippen molar-refractivity contribution in [2.45, 2.75) is 6.92 Å². The maximum Gasteiger partial charge on any atom is 0.340 e. The molecule has 0 bridgehead atoms. The summed E-state index contributed by atoms with van der Waals surface area (Å²) in [5, 5.41) is 0. The van der Waals surface area contributed by atoms with Crippen molar-refractivity contribution < 1.29 is 14.3 Å². The molecule has 0 aromatic carbocycles. The first kappa shape index (κ1) is 12.3. The lowest BCUT2D eigenvalue weighted by molar-refractivity contribution is 0.0529. The zero-order chi connectivity index (χ0) is 13.1. The number of carbonyl (C=O) groups excluding carboxylic acids is 2. The molecule has 5 nitrogen and oxygen atoms in total. The molecule has 0 amide bonds. The van der Waals surface area contributed by atoms with E-state index in [1.165, 1.54) is 6.07 Å². The molecule has 0 spiro atoms. The van der Waals surface area contributed by atoms with Crippen LogP contribution in [-0.4, -0.2) is 29.3 Å². The highest BCUT2D eigenvalue weighted by atomic mass is 16.5. The minimum atomic E-state index is -0.433. The number of pyridine rings is 1. The van der Waals surface area contributed by atoms with Gasteiger partial charge in [-0.25, -0.2) is 4.79 Å². The normalized spacial score (nSPS) is 10.6. The number of aromatic nitrogens is 1.